The summed E-state index contributed by atoms with van der Waals surface area (Å²) in [6.45, 7) is 5.00. The lowest BCUT2D eigenvalue weighted by Gasteiger charge is -2.39. The Balaban J connectivity index is 1.59. The number of carbonyl (C=O) groups is 2. The molecular formula is C27H36N2O3S. The molecule has 1 aliphatic carbocycles. The minimum absolute atomic E-state index is 0.0390. The van der Waals surface area contributed by atoms with Crippen molar-refractivity contribution in [2.75, 3.05) is 20.2 Å². The number of thiophene rings is 1. The van der Waals surface area contributed by atoms with E-state index < -0.39 is 0 Å². The highest BCUT2D eigenvalue weighted by Gasteiger charge is 2.36. The van der Waals surface area contributed by atoms with Gasteiger partial charge in [-0.1, -0.05) is 38.3 Å². The number of amides is 2. The summed E-state index contributed by atoms with van der Waals surface area (Å²) < 4.78 is 5.34. The Morgan fingerprint density at radius 3 is 2.55 bits per heavy atom. The van der Waals surface area contributed by atoms with Gasteiger partial charge >= 0.3 is 0 Å². The maximum absolute atomic E-state index is 13.8. The summed E-state index contributed by atoms with van der Waals surface area (Å²) in [4.78, 5) is 32.4. The summed E-state index contributed by atoms with van der Waals surface area (Å²) in [6, 6.07) is 10.1. The second-order valence-electron chi connectivity index (χ2n) is 9.37. The second kappa shape index (κ2) is 10.7. The zero-order valence-corrected chi connectivity index (χ0v) is 20.9. The number of fused-ring (bicyclic) bond motifs is 1. The van der Waals surface area contributed by atoms with Crippen molar-refractivity contribution in [3.8, 4) is 5.75 Å². The summed E-state index contributed by atoms with van der Waals surface area (Å²) in [5.41, 5.74) is 2.29. The van der Waals surface area contributed by atoms with E-state index in [2.05, 4.69) is 37.4 Å². The monoisotopic (exact) mass is 468 g/mol. The largest absolute Gasteiger partial charge is 0.497 e. The van der Waals surface area contributed by atoms with Crippen LogP contribution in [0.5, 0.6) is 5.75 Å². The van der Waals surface area contributed by atoms with Crippen molar-refractivity contribution in [2.24, 2.45) is 5.92 Å². The van der Waals surface area contributed by atoms with Gasteiger partial charge in [-0.15, -0.1) is 11.3 Å². The summed E-state index contributed by atoms with van der Waals surface area (Å²) >= 11 is 1.76. The van der Waals surface area contributed by atoms with Crippen LogP contribution >= 0.6 is 11.3 Å². The first kappa shape index (κ1) is 23.8. The van der Waals surface area contributed by atoms with E-state index in [0.717, 1.165) is 49.8 Å². The van der Waals surface area contributed by atoms with E-state index in [1.807, 2.05) is 21.9 Å². The molecule has 5 nitrogen and oxygen atoms in total. The maximum Gasteiger partial charge on any atom is 0.243 e. The molecule has 178 valence electrons. The first-order valence-electron chi connectivity index (χ1n) is 12.3. The molecule has 2 unspecified atom stereocenters. The quantitative estimate of drug-likeness (QED) is 0.544. The van der Waals surface area contributed by atoms with E-state index >= 15 is 0 Å². The second-order valence-corrected chi connectivity index (χ2v) is 10.4. The minimum Gasteiger partial charge on any atom is -0.497 e. The number of ether oxygens (including phenoxy) is 1. The molecule has 0 radical (unpaired) electrons. The van der Waals surface area contributed by atoms with Crippen LogP contribution in [0.3, 0.4) is 0 Å². The molecule has 2 amide bonds. The average molecular weight is 469 g/mol. The number of hydrogen-bond acceptors (Lipinski definition) is 4. The summed E-state index contributed by atoms with van der Waals surface area (Å²) in [7, 11) is 1.66. The van der Waals surface area contributed by atoms with Crippen LogP contribution in [0.1, 0.15) is 74.4 Å². The van der Waals surface area contributed by atoms with Crippen LogP contribution in [0, 0.1) is 5.92 Å². The summed E-state index contributed by atoms with van der Waals surface area (Å²) in [5.74, 6) is 1.09. The number of nitrogens with zero attached hydrogens (tertiary/aromatic N) is 2. The highest BCUT2D eigenvalue weighted by Crippen LogP contribution is 2.38. The van der Waals surface area contributed by atoms with Gasteiger partial charge in [-0.25, -0.2) is 0 Å². The van der Waals surface area contributed by atoms with Crippen molar-refractivity contribution >= 4 is 23.2 Å². The Morgan fingerprint density at radius 2 is 1.88 bits per heavy atom. The maximum atomic E-state index is 13.8. The molecule has 1 aliphatic heterocycles. The minimum atomic E-state index is -0.123. The SMILES string of the molecule is CCC(C)N(CC(=O)N1CCc2sccc2C1c1ccc(OC)cc1)C(=O)C1CCCCC1. The van der Waals surface area contributed by atoms with Crippen LogP contribution in [0.2, 0.25) is 0 Å². The van der Waals surface area contributed by atoms with Gasteiger partial charge in [-0.3, -0.25) is 9.59 Å². The van der Waals surface area contributed by atoms with Crippen molar-refractivity contribution in [1.29, 1.82) is 0 Å². The van der Waals surface area contributed by atoms with Gasteiger partial charge in [-0.05, 0) is 67.3 Å². The number of benzene rings is 1. The third kappa shape index (κ3) is 5.11. The Bertz CT molecular complexity index is 949. The third-order valence-electron chi connectivity index (χ3n) is 7.38. The fraction of sp³-hybridized carbons (Fsp3) is 0.556. The lowest BCUT2D eigenvalue weighted by Crippen LogP contribution is -2.50. The van der Waals surface area contributed by atoms with E-state index in [-0.39, 0.29) is 36.4 Å². The molecule has 2 aromatic rings. The number of rotatable bonds is 7. The third-order valence-corrected chi connectivity index (χ3v) is 8.38. The molecule has 0 saturated heterocycles. The van der Waals surface area contributed by atoms with Crippen LogP contribution in [0.4, 0.5) is 0 Å². The molecule has 1 saturated carbocycles. The Kier molecular flexibility index (Phi) is 7.74. The molecule has 6 heteroatoms. The van der Waals surface area contributed by atoms with E-state index in [4.69, 9.17) is 4.74 Å². The zero-order chi connectivity index (χ0) is 23.4. The highest BCUT2D eigenvalue weighted by atomic mass is 32.1. The molecule has 1 aromatic heterocycles. The summed E-state index contributed by atoms with van der Waals surface area (Å²) in [6.07, 6.45) is 7.07. The van der Waals surface area contributed by atoms with E-state index in [9.17, 15) is 9.59 Å². The molecule has 0 spiro atoms. The van der Waals surface area contributed by atoms with E-state index in [0.29, 0.717) is 6.54 Å². The lowest BCUT2D eigenvalue weighted by atomic mass is 9.88. The number of hydrogen-bond donors (Lipinski definition) is 0. The van der Waals surface area contributed by atoms with Crippen molar-refractivity contribution in [2.45, 2.75) is 70.9 Å². The first-order valence-corrected chi connectivity index (χ1v) is 13.2. The molecule has 2 atom stereocenters. The molecule has 2 aliphatic rings. The van der Waals surface area contributed by atoms with Gasteiger partial charge in [-0.2, -0.15) is 0 Å². The Labute approximate surface area is 201 Å². The van der Waals surface area contributed by atoms with Crippen LogP contribution < -0.4 is 4.74 Å². The molecule has 2 heterocycles. The normalized spacial score (nSPS) is 19.6. The zero-order valence-electron chi connectivity index (χ0n) is 20.1. The highest BCUT2D eigenvalue weighted by molar-refractivity contribution is 7.10. The molecule has 33 heavy (non-hydrogen) atoms. The fourth-order valence-electron chi connectivity index (χ4n) is 5.22. The molecule has 0 bridgehead atoms. The van der Waals surface area contributed by atoms with Crippen LogP contribution in [-0.2, 0) is 16.0 Å². The standard InChI is InChI=1S/C27H36N2O3S/c1-4-19(2)29(27(31)21-8-6-5-7-9-21)18-25(30)28-16-14-24-23(15-17-33-24)26(28)20-10-12-22(32-3)13-11-20/h10-13,15,17,19,21,26H,4-9,14,16,18H2,1-3H3. The van der Waals surface area contributed by atoms with Gasteiger partial charge in [0.1, 0.15) is 12.3 Å². The van der Waals surface area contributed by atoms with Gasteiger partial charge in [0.05, 0.1) is 13.2 Å². The molecule has 0 N–H and O–H groups in total. The smallest absolute Gasteiger partial charge is 0.243 e. The average Bonchev–Trinajstić information content (AvgIpc) is 3.35. The fourth-order valence-corrected chi connectivity index (χ4v) is 6.13. The molecular weight excluding hydrogens is 432 g/mol. The van der Waals surface area contributed by atoms with Gasteiger partial charge in [0, 0.05) is 23.4 Å². The predicted molar refractivity (Wildman–Crippen MR) is 133 cm³/mol. The van der Waals surface area contributed by atoms with Crippen molar-refractivity contribution in [3.05, 3.63) is 51.7 Å². The predicted octanol–water partition coefficient (Wildman–Crippen LogP) is 5.44. The lowest BCUT2D eigenvalue weighted by molar-refractivity contribution is -0.146. The molecule has 1 fully saturated rings. The summed E-state index contributed by atoms with van der Waals surface area (Å²) in [5, 5.41) is 2.12. The Morgan fingerprint density at radius 1 is 1.15 bits per heavy atom. The van der Waals surface area contributed by atoms with Gasteiger partial charge in [0.15, 0.2) is 0 Å². The van der Waals surface area contributed by atoms with E-state index in [1.165, 1.54) is 16.9 Å². The van der Waals surface area contributed by atoms with Crippen molar-refractivity contribution in [3.63, 3.8) is 0 Å². The van der Waals surface area contributed by atoms with Gasteiger partial charge < -0.3 is 14.5 Å². The Hall–Kier alpha value is -2.34. The van der Waals surface area contributed by atoms with Gasteiger partial charge in [0.25, 0.3) is 0 Å². The van der Waals surface area contributed by atoms with Crippen LogP contribution in [-0.4, -0.2) is 47.9 Å². The van der Waals surface area contributed by atoms with Crippen LogP contribution in [0.15, 0.2) is 35.7 Å². The van der Waals surface area contributed by atoms with Crippen molar-refractivity contribution < 1.29 is 14.3 Å². The first-order chi connectivity index (χ1) is 16.0. The van der Waals surface area contributed by atoms with Crippen molar-refractivity contribution in [1.82, 2.24) is 9.80 Å². The molecule has 4 rings (SSSR count). The number of carbonyl (C=O) groups excluding carboxylic acids is 2. The topological polar surface area (TPSA) is 49.9 Å². The van der Waals surface area contributed by atoms with E-state index in [1.54, 1.807) is 18.4 Å². The van der Waals surface area contributed by atoms with Gasteiger partial charge in [0.2, 0.25) is 11.8 Å². The van der Waals surface area contributed by atoms with Crippen LogP contribution in [0.25, 0.3) is 0 Å². The molecule has 1 aromatic carbocycles. The number of methoxy groups -OCH3 is 1.